The quantitative estimate of drug-likeness (QED) is 0.602. The predicted octanol–water partition coefficient (Wildman–Crippen LogP) is 1.92. The van der Waals surface area contributed by atoms with Gasteiger partial charge < -0.3 is 5.11 Å². The highest BCUT2D eigenvalue weighted by Gasteiger charge is 2.47. The second-order valence-electron chi connectivity index (χ2n) is 4.99. The van der Waals surface area contributed by atoms with Crippen LogP contribution in [0.5, 0.6) is 0 Å². The molecule has 0 aromatic rings. The van der Waals surface area contributed by atoms with Crippen LogP contribution >= 0.6 is 0 Å². The minimum Gasteiger partial charge on any atom is -0.384 e. The van der Waals surface area contributed by atoms with Gasteiger partial charge >= 0.3 is 0 Å². The molecule has 1 rings (SSSR count). The molecule has 1 aliphatic rings. The van der Waals surface area contributed by atoms with Gasteiger partial charge in [0, 0.05) is 12.0 Å². The molecule has 0 amide bonds. The van der Waals surface area contributed by atoms with Gasteiger partial charge in [-0.2, -0.15) is 0 Å². The Balaban J connectivity index is 3.13. The minimum atomic E-state index is -1.39. The monoisotopic (exact) mass is 241 g/mol. The van der Waals surface area contributed by atoms with Crippen molar-refractivity contribution < 1.29 is 14.8 Å². The van der Waals surface area contributed by atoms with Crippen molar-refractivity contribution in [2.75, 3.05) is 0 Å². The summed E-state index contributed by atoms with van der Waals surface area (Å²) in [6.45, 7) is 5.08. The third-order valence-electron chi connectivity index (χ3n) is 3.65. The van der Waals surface area contributed by atoms with E-state index in [1.807, 2.05) is 0 Å². The number of ketones is 1. The molecule has 0 saturated heterocycles. The van der Waals surface area contributed by atoms with Gasteiger partial charge in [0.05, 0.1) is 10.8 Å². The second-order valence-corrected chi connectivity index (χ2v) is 4.99. The third-order valence-corrected chi connectivity index (χ3v) is 3.65. The van der Waals surface area contributed by atoms with Crippen LogP contribution in [0.25, 0.3) is 0 Å². The van der Waals surface area contributed by atoms with Gasteiger partial charge in [-0.15, -0.1) is 0 Å². The summed E-state index contributed by atoms with van der Waals surface area (Å²) in [5.74, 6) is -0.721. The average Bonchev–Trinajstić information content (AvgIpc) is 2.62. The summed E-state index contributed by atoms with van der Waals surface area (Å²) < 4.78 is 0. The molecule has 0 heterocycles. The molecule has 1 saturated carbocycles. The van der Waals surface area contributed by atoms with Gasteiger partial charge in [-0.25, -0.2) is 0 Å². The standard InChI is InChI=1S/C12H19NO4/c1-8(2)12(15,9(3)7-13(16)17)10-5-4-6-11(10)14/h7-8,10,15H,4-6H2,1-3H3/b9-7+/t10-,12+/m1/s1. The minimum absolute atomic E-state index is 0.0114. The van der Waals surface area contributed by atoms with Crippen molar-refractivity contribution >= 4 is 5.78 Å². The Kier molecular flexibility index (Phi) is 4.03. The van der Waals surface area contributed by atoms with E-state index in [1.165, 1.54) is 6.92 Å². The Hall–Kier alpha value is -1.23. The normalized spacial score (nSPS) is 25.1. The zero-order valence-electron chi connectivity index (χ0n) is 10.5. The van der Waals surface area contributed by atoms with Crippen LogP contribution < -0.4 is 0 Å². The van der Waals surface area contributed by atoms with Crippen molar-refractivity contribution in [3.8, 4) is 0 Å². The molecule has 0 radical (unpaired) electrons. The molecule has 0 spiro atoms. The first-order valence-electron chi connectivity index (χ1n) is 5.87. The first kappa shape index (κ1) is 13.8. The van der Waals surface area contributed by atoms with Crippen molar-refractivity contribution in [2.45, 2.75) is 45.6 Å². The van der Waals surface area contributed by atoms with Crippen LogP contribution in [0.2, 0.25) is 0 Å². The molecule has 0 unspecified atom stereocenters. The lowest BCUT2D eigenvalue weighted by molar-refractivity contribution is -0.404. The summed E-state index contributed by atoms with van der Waals surface area (Å²) >= 11 is 0. The smallest absolute Gasteiger partial charge is 0.236 e. The molecule has 96 valence electrons. The second kappa shape index (κ2) is 4.96. The lowest BCUT2D eigenvalue weighted by Crippen LogP contribution is -2.46. The van der Waals surface area contributed by atoms with Gasteiger partial charge in [-0.05, 0) is 25.7 Å². The molecule has 5 nitrogen and oxygen atoms in total. The first-order valence-corrected chi connectivity index (χ1v) is 5.87. The maximum Gasteiger partial charge on any atom is 0.236 e. The maximum atomic E-state index is 11.8. The van der Waals surface area contributed by atoms with Crippen LogP contribution in [-0.4, -0.2) is 21.4 Å². The maximum absolute atomic E-state index is 11.8. The van der Waals surface area contributed by atoms with E-state index in [0.717, 1.165) is 12.6 Å². The lowest BCUT2D eigenvalue weighted by atomic mass is 9.73. The van der Waals surface area contributed by atoms with Crippen molar-refractivity contribution in [2.24, 2.45) is 11.8 Å². The van der Waals surface area contributed by atoms with Crippen LogP contribution in [0.1, 0.15) is 40.0 Å². The van der Waals surface area contributed by atoms with E-state index in [4.69, 9.17) is 0 Å². The van der Waals surface area contributed by atoms with Gasteiger partial charge in [0.25, 0.3) is 0 Å². The van der Waals surface area contributed by atoms with E-state index >= 15 is 0 Å². The summed E-state index contributed by atoms with van der Waals surface area (Å²) in [5.41, 5.74) is -1.13. The van der Waals surface area contributed by atoms with Crippen LogP contribution in [0.4, 0.5) is 0 Å². The van der Waals surface area contributed by atoms with Crippen molar-refractivity contribution in [1.29, 1.82) is 0 Å². The molecule has 0 bridgehead atoms. The molecule has 0 aromatic heterocycles. The van der Waals surface area contributed by atoms with E-state index in [0.29, 0.717) is 12.8 Å². The molecule has 1 fully saturated rings. The largest absolute Gasteiger partial charge is 0.384 e. The number of Topliss-reactive ketones (excluding diaryl/α,β-unsaturated/α-hetero) is 1. The Morgan fingerprint density at radius 3 is 2.59 bits per heavy atom. The predicted molar refractivity (Wildman–Crippen MR) is 62.9 cm³/mol. The highest BCUT2D eigenvalue weighted by molar-refractivity contribution is 5.84. The van der Waals surface area contributed by atoms with Gasteiger partial charge in [0.15, 0.2) is 0 Å². The fraction of sp³-hybridized carbons (Fsp3) is 0.750. The van der Waals surface area contributed by atoms with Gasteiger partial charge in [0.1, 0.15) is 11.4 Å². The summed E-state index contributed by atoms with van der Waals surface area (Å²) in [4.78, 5) is 21.7. The molecular weight excluding hydrogens is 222 g/mol. The molecule has 17 heavy (non-hydrogen) atoms. The summed E-state index contributed by atoms with van der Waals surface area (Å²) in [6.07, 6.45) is 2.64. The molecule has 1 aliphatic carbocycles. The fourth-order valence-corrected chi connectivity index (χ4v) is 2.68. The highest BCUT2D eigenvalue weighted by Crippen LogP contribution is 2.40. The zero-order valence-corrected chi connectivity index (χ0v) is 10.5. The van der Waals surface area contributed by atoms with E-state index < -0.39 is 16.4 Å². The fourth-order valence-electron chi connectivity index (χ4n) is 2.68. The molecule has 1 N–H and O–H groups in total. The molecule has 0 aromatic carbocycles. The first-order chi connectivity index (χ1) is 7.80. The number of nitro groups is 1. The van der Waals surface area contributed by atoms with Gasteiger partial charge in [-0.1, -0.05) is 13.8 Å². The topological polar surface area (TPSA) is 80.4 Å². The van der Waals surface area contributed by atoms with E-state index in [-0.39, 0.29) is 17.3 Å². The summed E-state index contributed by atoms with van der Waals surface area (Å²) in [6, 6.07) is 0. The SMILES string of the molecule is C/C(=C\[N+](=O)[O-])[C@@](O)(C(C)C)[C@@H]1CCCC1=O. The number of rotatable bonds is 4. The van der Waals surface area contributed by atoms with E-state index in [9.17, 15) is 20.0 Å². The average molecular weight is 241 g/mol. The van der Waals surface area contributed by atoms with Crippen LogP contribution in [0.3, 0.4) is 0 Å². The molecule has 0 aliphatic heterocycles. The van der Waals surface area contributed by atoms with Gasteiger partial charge in [-0.3, -0.25) is 14.9 Å². The molecule has 5 heteroatoms. The van der Waals surface area contributed by atoms with Gasteiger partial charge in [0.2, 0.25) is 6.20 Å². The summed E-state index contributed by atoms with van der Waals surface area (Å²) in [7, 11) is 0. The van der Waals surface area contributed by atoms with Crippen molar-refractivity contribution in [1.82, 2.24) is 0 Å². The Morgan fingerprint density at radius 2 is 2.24 bits per heavy atom. The lowest BCUT2D eigenvalue weighted by Gasteiger charge is -2.36. The number of hydrogen-bond donors (Lipinski definition) is 1. The Morgan fingerprint density at radius 1 is 1.65 bits per heavy atom. The number of carbonyl (C=O) groups is 1. The van der Waals surface area contributed by atoms with Crippen molar-refractivity contribution in [3.63, 3.8) is 0 Å². The zero-order chi connectivity index (χ0) is 13.2. The van der Waals surface area contributed by atoms with Crippen LogP contribution in [-0.2, 0) is 4.79 Å². The number of hydrogen-bond acceptors (Lipinski definition) is 4. The molecule has 2 atom stereocenters. The van der Waals surface area contributed by atoms with Crippen molar-refractivity contribution in [3.05, 3.63) is 21.9 Å². The molecular formula is C12H19NO4. The number of nitrogens with zero attached hydrogens (tertiary/aromatic N) is 1. The van der Waals surface area contributed by atoms with E-state index in [2.05, 4.69) is 0 Å². The van der Waals surface area contributed by atoms with Crippen LogP contribution in [0.15, 0.2) is 11.8 Å². The van der Waals surface area contributed by atoms with E-state index in [1.54, 1.807) is 13.8 Å². The Labute approximate surface area is 101 Å². The highest BCUT2D eigenvalue weighted by atomic mass is 16.6. The third kappa shape index (κ3) is 2.54. The number of carbonyl (C=O) groups excluding carboxylic acids is 1. The summed E-state index contributed by atoms with van der Waals surface area (Å²) in [5, 5.41) is 21.2. The number of aliphatic hydroxyl groups is 1. The Bertz CT molecular complexity index is 362. The van der Waals surface area contributed by atoms with Crippen LogP contribution in [0, 0.1) is 22.0 Å².